The van der Waals surface area contributed by atoms with E-state index < -0.39 is 0 Å². The van der Waals surface area contributed by atoms with Gasteiger partial charge in [-0.1, -0.05) is 218 Å². The predicted molar refractivity (Wildman–Crippen MR) is 278 cm³/mol. The number of benzene rings is 10. The highest BCUT2D eigenvalue weighted by Crippen LogP contribution is 2.39. The van der Waals surface area contributed by atoms with Crippen LogP contribution in [0.5, 0.6) is 0 Å². The lowest BCUT2D eigenvalue weighted by atomic mass is 9.99. The van der Waals surface area contributed by atoms with Crippen molar-refractivity contribution in [2.75, 3.05) is 0 Å². The molecule has 4 heteroatoms. The Balaban J connectivity index is 0.943. The van der Waals surface area contributed by atoms with E-state index in [1.165, 1.54) is 49.7 Å². The maximum absolute atomic E-state index is 5.07. The van der Waals surface area contributed by atoms with Crippen LogP contribution in [0.3, 0.4) is 0 Å². The Bertz CT molecular complexity index is 3690. The average molecular weight is 855 g/mol. The van der Waals surface area contributed by atoms with Gasteiger partial charge in [0, 0.05) is 33.2 Å². The molecule has 0 bridgehead atoms. The van der Waals surface area contributed by atoms with Crippen LogP contribution in [0.25, 0.3) is 117 Å². The Labute approximate surface area is 389 Å². The van der Waals surface area contributed by atoms with Gasteiger partial charge in [-0.05, 0) is 92.0 Å². The number of aromatic nitrogens is 4. The molecule has 4 nitrogen and oxygen atoms in total. The molecule has 67 heavy (non-hydrogen) atoms. The molecular weight excluding hydrogens is 813 g/mol. The van der Waals surface area contributed by atoms with Crippen molar-refractivity contribution in [1.29, 1.82) is 0 Å². The summed E-state index contributed by atoms with van der Waals surface area (Å²) >= 11 is 0. The normalized spacial score (nSPS) is 11.3. The van der Waals surface area contributed by atoms with Crippen LogP contribution in [0.1, 0.15) is 0 Å². The van der Waals surface area contributed by atoms with Gasteiger partial charge in [0.2, 0.25) is 0 Å². The Hall–Kier alpha value is -8.99. The molecule has 0 aliphatic rings. The summed E-state index contributed by atoms with van der Waals surface area (Å²) in [6.07, 6.45) is 0. The Kier molecular flexibility index (Phi) is 10.2. The van der Waals surface area contributed by atoms with Gasteiger partial charge in [-0.2, -0.15) is 0 Å². The van der Waals surface area contributed by atoms with Crippen molar-refractivity contribution in [3.05, 3.63) is 255 Å². The molecule has 0 saturated carbocycles. The van der Waals surface area contributed by atoms with E-state index in [-0.39, 0.29) is 0 Å². The van der Waals surface area contributed by atoms with Crippen molar-refractivity contribution in [1.82, 2.24) is 19.5 Å². The first kappa shape index (κ1) is 39.6. The van der Waals surface area contributed by atoms with Crippen LogP contribution in [0.2, 0.25) is 0 Å². The van der Waals surface area contributed by atoms with E-state index in [1.807, 2.05) is 36.4 Å². The third kappa shape index (κ3) is 7.77. The van der Waals surface area contributed by atoms with Crippen LogP contribution in [-0.4, -0.2) is 19.5 Å². The molecule has 0 atom stereocenters. The molecule has 10 aromatic carbocycles. The summed E-state index contributed by atoms with van der Waals surface area (Å²) in [4.78, 5) is 15.1. The maximum atomic E-state index is 5.07. The van der Waals surface area contributed by atoms with Crippen LogP contribution in [0.4, 0.5) is 0 Å². The molecule has 314 valence electrons. The largest absolute Gasteiger partial charge is 0.309 e. The minimum Gasteiger partial charge on any atom is -0.309 e. The minimum absolute atomic E-state index is 0.626. The molecule has 0 radical (unpaired) electrons. The summed E-state index contributed by atoms with van der Waals surface area (Å²) in [7, 11) is 0. The number of fused-ring (bicyclic) bond motifs is 3. The van der Waals surface area contributed by atoms with Gasteiger partial charge in [-0.25, -0.2) is 15.0 Å². The summed E-state index contributed by atoms with van der Waals surface area (Å²) in [5.74, 6) is 1.90. The Morgan fingerprint density at radius 2 is 0.552 bits per heavy atom. The molecule has 12 rings (SSSR count). The standard InChI is InChI=1S/C63H42N4/c1-5-15-43(16-6-1)46-27-31-49(32-28-46)62-64-61(48-21-11-4-12-22-48)65-63(66-62)50-33-29-47(30-34-50)55-35-37-57-58-41-54(45-19-9-3-10-20-45)36-38-59(58)67(60(57)42-55)56-26-14-25-53(40-56)52-24-13-23-51(39-52)44-17-7-2-8-18-44/h1-42H. The highest BCUT2D eigenvalue weighted by atomic mass is 15.0. The second-order valence-corrected chi connectivity index (χ2v) is 16.9. The molecule has 0 N–H and O–H groups in total. The molecule has 12 aromatic rings. The van der Waals surface area contributed by atoms with Gasteiger partial charge >= 0.3 is 0 Å². The van der Waals surface area contributed by atoms with Crippen LogP contribution in [0.15, 0.2) is 255 Å². The molecule has 0 spiro atoms. The van der Waals surface area contributed by atoms with Crippen molar-refractivity contribution in [3.8, 4) is 95.5 Å². The zero-order valence-electron chi connectivity index (χ0n) is 36.5. The molecule has 2 aromatic heterocycles. The van der Waals surface area contributed by atoms with Gasteiger partial charge in [-0.15, -0.1) is 0 Å². The van der Waals surface area contributed by atoms with Crippen molar-refractivity contribution in [2.24, 2.45) is 0 Å². The first-order chi connectivity index (χ1) is 33.2. The fourth-order valence-electron chi connectivity index (χ4n) is 9.23. The summed E-state index contributed by atoms with van der Waals surface area (Å²) in [6, 6.07) is 90.3. The van der Waals surface area contributed by atoms with Crippen LogP contribution >= 0.6 is 0 Å². The second-order valence-electron chi connectivity index (χ2n) is 16.9. The quantitative estimate of drug-likeness (QED) is 0.145. The van der Waals surface area contributed by atoms with E-state index in [1.54, 1.807) is 0 Å². The SMILES string of the molecule is c1ccc(-c2ccc(-c3nc(-c4ccccc4)nc(-c4ccc(-c5ccc6c7cc(-c8ccccc8)ccc7n(-c7cccc(-c8cccc(-c9ccccc9)c8)c7)c6c5)cc4)n3)cc2)cc1. The lowest BCUT2D eigenvalue weighted by Gasteiger charge is -2.12. The van der Waals surface area contributed by atoms with E-state index in [0.29, 0.717) is 17.5 Å². The second kappa shape index (κ2) is 17.2. The number of nitrogens with zero attached hydrogens (tertiary/aromatic N) is 4. The fraction of sp³-hybridized carbons (Fsp3) is 0. The van der Waals surface area contributed by atoms with E-state index >= 15 is 0 Å². The number of hydrogen-bond acceptors (Lipinski definition) is 3. The Morgan fingerprint density at radius 1 is 0.209 bits per heavy atom. The molecule has 0 fully saturated rings. The summed E-state index contributed by atoms with van der Waals surface area (Å²) in [5.41, 5.74) is 17.9. The zero-order valence-corrected chi connectivity index (χ0v) is 36.5. The third-order valence-corrected chi connectivity index (χ3v) is 12.7. The van der Waals surface area contributed by atoms with Crippen molar-refractivity contribution >= 4 is 21.8 Å². The van der Waals surface area contributed by atoms with Crippen molar-refractivity contribution < 1.29 is 0 Å². The van der Waals surface area contributed by atoms with Gasteiger partial charge in [-0.3, -0.25) is 0 Å². The fourth-order valence-corrected chi connectivity index (χ4v) is 9.23. The summed E-state index contributed by atoms with van der Waals surface area (Å²) in [6.45, 7) is 0. The topological polar surface area (TPSA) is 43.6 Å². The molecular formula is C63H42N4. The van der Waals surface area contributed by atoms with Gasteiger partial charge in [0.15, 0.2) is 17.5 Å². The van der Waals surface area contributed by atoms with E-state index in [9.17, 15) is 0 Å². The monoisotopic (exact) mass is 854 g/mol. The van der Waals surface area contributed by atoms with Crippen molar-refractivity contribution in [3.63, 3.8) is 0 Å². The average Bonchev–Trinajstić information content (AvgIpc) is 3.75. The van der Waals surface area contributed by atoms with E-state index in [4.69, 9.17) is 15.0 Å². The zero-order chi connectivity index (χ0) is 44.5. The summed E-state index contributed by atoms with van der Waals surface area (Å²) < 4.78 is 2.42. The summed E-state index contributed by atoms with van der Waals surface area (Å²) in [5, 5.41) is 2.41. The maximum Gasteiger partial charge on any atom is 0.164 e. The van der Waals surface area contributed by atoms with Crippen molar-refractivity contribution in [2.45, 2.75) is 0 Å². The third-order valence-electron chi connectivity index (χ3n) is 12.7. The van der Waals surface area contributed by atoms with E-state index in [2.05, 4.69) is 223 Å². The molecule has 0 unspecified atom stereocenters. The van der Waals surface area contributed by atoms with Gasteiger partial charge in [0.1, 0.15) is 0 Å². The number of hydrogen-bond donors (Lipinski definition) is 0. The van der Waals surface area contributed by atoms with Crippen LogP contribution in [0, 0.1) is 0 Å². The lowest BCUT2D eigenvalue weighted by Crippen LogP contribution is -2.00. The number of rotatable bonds is 9. The van der Waals surface area contributed by atoms with Gasteiger partial charge in [0.05, 0.1) is 11.0 Å². The van der Waals surface area contributed by atoms with Crippen LogP contribution in [-0.2, 0) is 0 Å². The van der Waals surface area contributed by atoms with E-state index in [0.717, 1.165) is 50.1 Å². The first-order valence-electron chi connectivity index (χ1n) is 22.7. The van der Waals surface area contributed by atoms with Crippen LogP contribution < -0.4 is 0 Å². The minimum atomic E-state index is 0.626. The molecule has 0 amide bonds. The predicted octanol–water partition coefficient (Wildman–Crippen LogP) is 16.3. The lowest BCUT2D eigenvalue weighted by molar-refractivity contribution is 1.07. The molecule has 0 saturated heterocycles. The molecule has 0 aliphatic carbocycles. The first-order valence-corrected chi connectivity index (χ1v) is 22.7. The highest BCUT2D eigenvalue weighted by Gasteiger charge is 2.17. The smallest absolute Gasteiger partial charge is 0.164 e. The van der Waals surface area contributed by atoms with Gasteiger partial charge in [0.25, 0.3) is 0 Å². The van der Waals surface area contributed by atoms with Gasteiger partial charge < -0.3 is 4.57 Å². The molecule has 2 heterocycles. The highest BCUT2D eigenvalue weighted by molar-refractivity contribution is 6.11. The Morgan fingerprint density at radius 3 is 1.10 bits per heavy atom. The molecule has 0 aliphatic heterocycles.